The maximum Gasteiger partial charge on any atom is 0.326 e. The molecule has 1 saturated carbocycles. The van der Waals surface area contributed by atoms with Crippen LogP contribution in [-0.2, 0) is 57.3 Å². The summed E-state index contributed by atoms with van der Waals surface area (Å²) in [6.07, 6.45) is 5.13. The predicted molar refractivity (Wildman–Crippen MR) is 212 cm³/mol. The highest BCUT2D eigenvalue weighted by atomic mass is 79.9. The number of alkyl halides is 1. The van der Waals surface area contributed by atoms with E-state index in [2.05, 4.69) is 47.8 Å². The fraction of sp³-hybridized carbons (Fsp3) is 0.784. The number of carbonyl (C=O) groups is 8. The number of carboxylic acid groups (broad SMARTS) is 2. The lowest BCUT2D eigenvalue weighted by molar-refractivity contribution is -0.143. The van der Waals surface area contributed by atoms with Crippen LogP contribution < -0.4 is 31.9 Å². The Balaban J connectivity index is 2.03. The molecule has 0 aromatic heterocycles. The Morgan fingerprint density at radius 1 is 0.586 bits per heavy atom. The number of hydrogen-bond acceptors (Lipinski definition) is 12. The number of nitrogens with one attached hydrogen (secondary N) is 6. The molecule has 1 aliphatic rings. The van der Waals surface area contributed by atoms with Gasteiger partial charge in [0.25, 0.3) is 0 Å². The number of amides is 6. The van der Waals surface area contributed by atoms with Crippen molar-refractivity contribution < 1.29 is 67.5 Å². The standard InChI is InChI=1S/C37H63BrN6O14/c1-2-5-30(45)42-23-26-7-9-27(10-8-26)35(50)44-29(37(53)54)11-12-31(46)40-14-16-55-18-20-57-24-33(48)41-15-17-56-19-21-58-25-34(49)43-28(36(51)52)6-3-4-13-39-32(47)22-38/h26-29H,2-25H2,1H3,(H,39,47)(H,40,46)(H,41,48)(H,42,45)(H,43,49)(H,44,50)(H,51,52)(H,53,54)/t26?,27?,28-,29-/m0/s1. The summed E-state index contributed by atoms with van der Waals surface area (Å²) in [6, 6.07) is -2.25. The van der Waals surface area contributed by atoms with Gasteiger partial charge < -0.3 is 61.1 Å². The first-order valence-corrected chi connectivity index (χ1v) is 21.0. The van der Waals surface area contributed by atoms with Crippen molar-refractivity contribution in [3.8, 4) is 0 Å². The van der Waals surface area contributed by atoms with Crippen LogP contribution in [-0.4, -0.2) is 154 Å². The van der Waals surface area contributed by atoms with Crippen LogP contribution in [0.15, 0.2) is 0 Å². The van der Waals surface area contributed by atoms with E-state index < -0.39 is 29.9 Å². The van der Waals surface area contributed by atoms with Gasteiger partial charge in [-0.25, -0.2) is 9.59 Å². The second kappa shape index (κ2) is 33.0. The third-order valence-electron chi connectivity index (χ3n) is 8.90. The van der Waals surface area contributed by atoms with E-state index in [-0.39, 0.29) is 126 Å². The summed E-state index contributed by atoms with van der Waals surface area (Å²) in [5.41, 5.74) is 0. The molecule has 6 amide bonds. The smallest absolute Gasteiger partial charge is 0.326 e. The number of rotatable bonds is 34. The minimum atomic E-state index is -1.21. The van der Waals surface area contributed by atoms with Crippen molar-refractivity contribution >= 4 is 63.3 Å². The van der Waals surface area contributed by atoms with E-state index in [0.717, 1.165) is 19.3 Å². The van der Waals surface area contributed by atoms with E-state index in [1.54, 1.807) is 0 Å². The summed E-state index contributed by atoms with van der Waals surface area (Å²) >= 11 is 3.03. The van der Waals surface area contributed by atoms with Gasteiger partial charge in [-0.15, -0.1) is 0 Å². The van der Waals surface area contributed by atoms with Crippen molar-refractivity contribution in [3.05, 3.63) is 0 Å². The third kappa shape index (κ3) is 26.9. The molecule has 0 saturated heterocycles. The van der Waals surface area contributed by atoms with Crippen LogP contribution in [0.25, 0.3) is 0 Å². The van der Waals surface area contributed by atoms with Gasteiger partial charge in [0.2, 0.25) is 35.4 Å². The minimum absolute atomic E-state index is 0.0232. The highest BCUT2D eigenvalue weighted by molar-refractivity contribution is 9.09. The zero-order chi connectivity index (χ0) is 43.0. The van der Waals surface area contributed by atoms with Crippen molar-refractivity contribution in [2.45, 2.75) is 89.6 Å². The summed E-state index contributed by atoms with van der Waals surface area (Å²) in [5.74, 6) is -4.19. The zero-order valence-corrected chi connectivity index (χ0v) is 35.0. The summed E-state index contributed by atoms with van der Waals surface area (Å²) in [5, 5.41) is 34.9. The molecule has 332 valence electrons. The number of hydrogen-bond donors (Lipinski definition) is 8. The van der Waals surface area contributed by atoms with Gasteiger partial charge in [-0.2, -0.15) is 0 Å². The fourth-order valence-electron chi connectivity index (χ4n) is 5.70. The molecule has 20 nitrogen and oxygen atoms in total. The van der Waals surface area contributed by atoms with Crippen molar-refractivity contribution in [2.75, 3.05) is 84.4 Å². The zero-order valence-electron chi connectivity index (χ0n) is 33.5. The van der Waals surface area contributed by atoms with Gasteiger partial charge in [0.1, 0.15) is 25.3 Å². The molecule has 1 fully saturated rings. The Hall–Kier alpha value is -3.92. The average molecular weight is 896 g/mol. The molecule has 21 heteroatoms. The summed E-state index contributed by atoms with van der Waals surface area (Å²) in [6.45, 7) is 3.65. The molecule has 1 aliphatic carbocycles. The predicted octanol–water partition coefficient (Wildman–Crippen LogP) is -0.392. The number of carbonyl (C=O) groups excluding carboxylic acids is 6. The minimum Gasteiger partial charge on any atom is -0.480 e. The van der Waals surface area contributed by atoms with Gasteiger partial charge in [-0.3, -0.25) is 28.8 Å². The van der Waals surface area contributed by atoms with Crippen LogP contribution in [0.3, 0.4) is 0 Å². The molecule has 1 rings (SSSR count). The molecule has 8 N–H and O–H groups in total. The Bertz CT molecular complexity index is 1270. The molecule has 0 aromatic rings. The van der Waals surface area contributed by atoms with Crippen molar-refractivity contribution in [2.24, 2.45) is 11.8 Å². The molecule has 0 spiro atoms. The second-order valence-electron chi connectivity index (χ2n) is 13.7. The molecule has 0 heterocycles. The van der Waals surface area contributed by atoms with Crippen molar-refractivity contribution in [3.63, 3.8) is 0 Å². The Kier molecular flexibility index (Phi) is 29.6. The van der Waals surface area contributed by atoms with Gasteiger partial charge in [0.05, 0.1) is 45.0 Å². The molecule has 0 unspecified atom stereocenters. The van der Waals surface area contributed by atoms with Gasteiger partial charge >= 0.3 is 11.9 Å². The first-order chi connectivity index (χ1) is 27.9. The molecule has 0 aromatic carbocycles. The van der Waals surface area contributed by atoms with Crippen LogP contribution in [0.5, 0.6) is 0 Å². The van der Waals surface area contributed by atoms with E-state index in [1.807, 2.05) is 6.92 Å². The summed E-state index contributed by atoms with van der Waals surface area (Å²) in [7, 11) is 0. The van der Waals surface area contributed by atoms with Crippen molar-refractivity contribution in [1.82, 2.24) is 31.9 Å². The first-order valence-electron chi connectivity index (χ1n) is 19.8. The summed E-state index contributed by atoms with van der Waals surface area (Å²) < 4.78 is 21.2. The monoisotopic (exact) mass is 894 g/mol. The maximum absolute atomic E-state index is 12.7. The molecule has 58 heavy (non-hydrogen) atoms. The lowest BCUT2D eigenvalue weighted by Gasteiger charge is -2.28. The fourth-order valence-corrected chi connectivity index (χ4v) is 5.90. The Morgan fingerprint density at radius 2 is 1.12 bits per heavy atom. The highest BCUT2D eigenvalue weighted by Crippen LogP contribution is 2.28. The van der Waals surface area contributed by atoms with E-state index in [0.29, 0.717) is 51.1 Å². The summed E-state index contributed by atoms with van der Waals surface area (Å²) in [4.78, 5) is 95.0. The van der Waals surface area contributed by atoms with Crippen LogP contribution in [0.2, 0.25) is 0 Å². The van der Waals surface area contributed by atoms with Crippen LogP contribution in [0.1, 0.15) is 77.6 Å². The van der Waals surface area contributed by atoms with Gasteiger partial charge in [0.15, 0.2) is 0 Å². The third-order valence-corrected chi connectivity index (χ3v) is 9.41. The molecule has 2 atom stereocenters. The lowest BCUT2D eigenvalue weighted by Crippen LogP contribution is -2.45. The number of ether oxygens (including phenoxy) is 4. The topological polar surface area (TPSA) is 286 Å². The van der Waals surface area contributed by atoms with Crippen LogP contribution >= 0.6 is 15.9 Å². The van der Waals surface area contributed by atoms with E-state index in [1.165, 1.54) is 0 Å². The van der Waals surface area contributed by atoms with Crippen LogP contribution in [0, 0.1) is 11.8 Å². The van der Waals surface area contributed by atoms with E-state index in [4.69, 9.17) is 18.9 Å². The highest BCUT2D eigenvalue weighted by Gasteiger charge is 2.30. The Morgan fingerprint density at radius 3 is 1.71 bits per heavy atom. The van der Waals surface area contributed by atoms with Gasteiger partial charge in [-0.1, -0.05) is 22.9 Å². The molecule has 0 radical (unpaired) electrons. The van der Waals surface area contributed by atoms with Crippen LogP contribution in [0.4, 0.5) is 0 Å². The number of halogens is 1. The van der Waals surface area contributed by atoms with E-state index >= 15 is 0 Å². The van der Waals surface area contributed by atoms with Crippen molar-refractivity contribution in [1.29, 1.82) is 0 Å². The lowest BCUT2D eigenvalue weighted by atomic mass is 9.81. The molecule has 0 aliphatic heterocycles. The number of unbranched alkanes of at least 4 members (excludes halogenated alkanes) is 1. The van der Waals surface area contributed by atoms with Gasteiger partial charge in [0, 0.05) is 44.9 Å². The maximum atomic E-state index is 12.7. The Labute approximate surface area is 347 Å². The first kappa shape index (κ1) is 52.1. The second-order valence-corrected chi connectivity index (χ2v) is 14.2. The molecular formula is C37H63BrN6O14. The molecular weight excluding hydrogens is 832 g/mol. The largest absolute Gasteiger partial charge is 0.480 e. The number of carboxylic acids is 2. The average Bonchev–Trinajstić information content (AvgIpc) is 3.19. The molecule has 0 bridgehead atoms. The number of aliphatic carboxylic acids is 2. The van der Waals surface area contributed by atoms with E-state index in [9.17, 15) is 48.6 Å². The SMILES string of the molecule is CCCC(=O)NCC1CCC(C(=O)N[C@@H](CCC(=O)NCCOCCOCC(=O)NCCOCCOCC(=O)N[C@@H](CCCCNC(=O)CBr)C(=O)O)C(=O)O)CC1. The van der Waals surface area contributed by atoms with Gasteiger partial charge in [-0.05, 0) is 63.7 Å². The quantitative estimate of drug-likeness (QED) is 0.0302. The normalized spacial score (nSPS) is 16.0.